The Morgan fingerprint density at radius 2 is 2.08 bits per heavy atom. The fourth-order valence-electron chi connectivity index (χ4n) is 3.51. The summed E-state index contributed by atoms with van der Waals surface area (Å²) in [6.07, 6.45) is 5.06. The summed E-state index contributed by atoms with van der Waals surface area (Å²) in [6, 6.07) is 4.35. The molecule has 1 aliphatic heterocycles. The van der Waals surface area contributed by atoms with E-state index >= 15 is 0 Å². The predicted octanol–water partition coefficient (Wildman–Crippen LogP) is 1.65. The summed E-state index contributed by atoms with van der Waals surface area (Å²) in [5, 5.41) is 7.02. The predicted molar refractivity (Wildman–Crippen MR) is 95.2 cm³/mol. The summed E-state index contributed by atoms with van der Waals surface area (Å²) in [7, 11) is 1.72. The van der Waals surface area contributed by atoms with Crippen molar-refractivity contribution in [2.45, 2.75) is 25.9 Å². The second kappa shape index (κ2) is 7.76. The van der Waals surface area contributed by atoms with Crippen LogP contribution >= 0.6 is 0 Å². The molecule has 1 fully saturated rings. The summed E-state index contributed by atoms with van der Waals surface area (Å²) in [6.45, 7) is 7.30. The molecule has 3 heterocycles. The summed E-state index contributed by atoms with van der Waals surface area (Å²) in [5.41, 5.74) is 2.18. The number of H-pyrrole nitrogens is 1. The van der Waals surface area contributed by atoms with Gasteiger partial charge in [0.05, 0.1) is 24.1 Å². The van der Waals surface area contributed by atoms with Gasteiger partial charge in [-0.3, -0.25) is 19.8 Å². The highest BCUT2D eigenvalue weighted by Crippen LogP contribution is 2.23. The Morgan fingerprint density at radius 1 is 1.32 bits per heavy atom. The number of hydrogen-bond acceptors (Lipinski definition) is 5. The molecule has 0 saturated carbocycles. The van der Waals surface area contributed by atoms with Gasteiger partial charge in [-0.2, -0.15) is 5.10 Å². The van der Waals surface area contributed by atoms with Crippen LogP contribution in [-0.4, -0.2) is 76.3 Å². The van der Waals surface area contributed by atoms with Crippen LogP contribution in [0.5, 0.6) is 0 Å². The molecule has 0 bridgehead atoms. The number of aromatic nitrogens is 3. The number of ether oxygens (including phenoxy) is 1. The second-order valence-electron chi connectivity index (χ2n) is 6.54. The second-order valence-corrected chi connectivity index (χ2v) is 6.54. The van der Waals surface area contributed by atoms with Crippen molar-refractivity contribution in [3.05, 3.63) is 36.3 Å². The van der Waals surface area contributed by atoms with Crippen molar-refractivity contribution in [3.8, 4) is 11.3 Å². The van der Waals surface area contributed by atoms with Gasteiger partial charge in [-0.25, -0.2) is 0 Å². The zero-order valence-corrected chi connectivity index (χ0v) is 15.0. The van der Waals surface area contributed by atoms with Crippen molar-refractivity contribution in [2.24, 2.45) is 0 Å². The number of carbonyl (C=O) groups excluding carboxylic acids is 1. The van der Waals surface area contributed by atoms with Crippen LogP contribution in [0.4, 0.5) is 0 Å². The average Bonchev–Trinajstić information content (AvgIpc) is 3.10. The van der Waals surface area contributed by atoms with E-state index in [1.54, 1.807) is 25.7 Å². The normalized spacial score (nSPS) is 21.5. The maximum atomic E-state index is 13.1. The molecule has 2 atom stereocenters. The molecule has 1 saturated heterocycles. The minimum atomic E-state index is 0.0118. The van der Waals surface area contributed by atoms with Crippen LogP contribution in [0, 0.1) is 0 Å². The fourth-order valence-corrected chi connectivity index (χ4v) is 3.51. The van der Waals surface area contributed by atoms with Crippen molar-refractivity contribution in [1.29, 1.82) is 0 Å². The van der Waals surface area contributed by atoms with E-state index in [0.29, 0.717) is 25.3 Å². The third-order valence-electron chi connectivity index (χ3n) is 4.76. The van der Waals surface area contributed by atoms with E-state index < -0.39 is 0 Å². The van der Waals surface area contributed by atoms with Crippen LogP contribution in [0.25, 0.3) is 11.3 Å². The molecular formula is C18H25N5O2. The lowest BCUT2D eigenvalue weighted by Gasteiger charge is -2.44. The summed E-state index contributed by atoms with van der Waals surface area (Å²) in [4.78, 5) is 21.5. The molecule has 1 N–H and O–H groups in total. The number of rotatable bonds is 5. The minimum absolute atomic E-state index is 0.0118. The topological polar surface area (TPSA) is 74.3 Å². The Hall–Kier alpha value is -2.25. The van der Waals surface area contributed by atoms with Crippen LogP contribution in [-0.2, 0) is 4.74 Å². The van der Waals surface area contributed by atoms with Crippen LogP contribution in [0.1, 0.15) is 24.2 Å². The van der Waals surface area contributed by atoms with Gasteiger partial charge >= 0.3 is 0 Å². The SMILES string of the molecule is COCCN1[C@H](C)CN(C(=O)c2cn[nH]c2-c2cccnc2)C[C@H]1C. The molecule has 134 valence electrons. The lowest BCUT2D eigenvalue weighted by molar-refractivity contribution is 0.0194. The zero-order valence-electron chi connectivity index (χ0n) is 15.0. The first-order valence-corrected chi connectivity index (χ1v) is 8.59. The first-order valence-electron chi connectivity index (χ1n) is 8.59. The van der Waals surface area contributed by atoms with Crippen molar-refractivity contribution in [3.63, 3.8) is 0 Å². The molecule has 3 rings (SSSR count). The van der Waals surface area contributed by atoms with Gasteiger partial charge < -0.3 is 9.64 Å². The van der Waals surface area contributed by atoms with Crippen molar-refractivity contribution >= 4 is 5.91 Å². The fraction of sp³-hybridized carbons (Fsp3) is 0.500. The number of hydrogen-bond donors (Lipinski definition) is 1. The number of nitrogens with one attached hydrogen (secondary N) is 1. The van der Waals surface area contributed by atoms with E-state index in [9.17, 15) is 4.79 Å². The summed E-state index contributed by atoms with van der Waals surface area (Å²) >= 11 is 0. The largest absolute Gasteiger partial charge is 0.383 e. The Balaban J connectivity index is 1.76. The number of pyridine rings is 1. The van der Waals surface area contributed by atoms with Crippen molar-refractivity contribution in [1.82, 2.24) is 25.0 Å². The molecule has 0 radical (unpaired) electrons. The van der Waals surface area contributed by atoms with Crippen molar-refractivity contribution < 1.29 is 9.53 Å². The number of amides is 1. The zero-order chi connectivity index (χ0) is 17.8. The van der Waals surface area contributed by atoms with E-state index in [2.05, 4.69) is 33.9 Å². The van der Waals surface area contributed by atoms with E-state index in [-0.39, 0.29) is 18.0 Å². The van der Waals surface area contributed by atoms with Crippen LogP contribution in [0.3, 0.4) is 0 Å². The third-order valence-corrected chi connectivity index (χ3v) is 4.76. The van der Waals surface area contributed by atoms with E-state index in [1.165, 1.54) is 0 Å². The maximum absolute atomic E-state index is 13.1. The molecule has 2 aromatic rings. The van der Waals surface area contributed by atoms with Crippen LogP contribution in [0.2, 0.25) is 0 Å². The Labute approximate surface area is 148 Å². The average molecular weight is 343 g/mol. The molecule has 7 nitrogen and oxygen atoms in total. The monoisotopic (exact) mass is 343 g/mol. The molecule has 2 aromatic heterocycles. The Kier molecular flexibility index (Phi) is 5.45. The van der Waals surface area contributed by atoms with Gasteiger partial charge in [0.2, 0.25) is 0 Å². The highest BCUT2D eigenvalue weighted by molar-refractivity contribution is 5.99. The molecule has 1 amide bonds. The third kappa shape index (κ3) is 3.72. The Bertz CT molecular complexity index is 691. The van der Waals surface area contributed by atoms with Crippen LogP contribution < -0.4 is 0 Å². The van der Waals surface area contributed by atoms with Gasteiger partial charge in [0, 0.05) is 56.8 Å². The van der Waals surface area contributed by atoms with Crippen LogP contribution in [0.15, 0.2) is 30.7 Å². The van der Waals surface area contributed by atoms with E-state index in [1.807, 2.05) is 17.0 Å². The standard InChI is InChI=1S/C18H25N5O2/c1-13-11-22(12-14(2)23(13)7-8-25-3)18(24)16-10-20-21-17(16)15-5-4-6-19-9-15/h4-6,9-10,13-14H,7-8,11-12H2,1-3H3,(H,20,21)/t13-,14-/m1/s1. The van der Waals surface area contributed by atoms with Gasteiger partial charge in [0.15, 0.2) is 0 Å². The number of nitrogens with zero attached hydrogens (tertiary/aromatic N) is 4. The minimum Gasteiger partial charge on any atom is -0.383 e. The molecule has 0 unspecified atom stereocenters. The van der Waals surface area contributed by atoms with Gasteiger partial charge in [0.1, 0.15) is 0 Å². The lowest BCUT2D eigenvalue weighted by Crippen LogP contribution is -2.58. The molecular weight excluding hydrogens is 318 g/mol. The first-order chi connectivity index (χ1) is 12.1. The number of carbonyl (C=O) groups is 1. The van der Waals surface area contributed by atoms with E-state index in [0.717, 1.165) is 17.8 Å². The quantitative estimate of drug-likeness (QED) is 0.894. The highest BCUT2D eigenvalue weighted by Gasteiger charge is 2.33. The van der Waals surface area contributed by atoms with Gasteiger partial charge in [-0.1, -0.05) is 0 Å². The number of methoxy groups -OCH3 is 1. The molecule has 0 aromatic carbocycles. The van der Waals surface area contributed by atoms with E-state index in [4.69, 9.17) is 4.74 Å². The van der Waals surface area contributed by atoms with Gasteiger partial charge in [0.25, 0.3) is 5.91 Å². The van der Waals surface area contributed by atoms with Gasteiger partial charge in [-0.05, 0) is 26.0 Å². The highest BCUT2D eigenvalue weighted by atomic mass is 16.5. The van der Waals surface area contributed by atoms with Gasteiger partial charge in [-0.15, -0.1) is 0 Å². The Morgan fingerprint density at radius 3 is 2.72 bits per heavy atom. The number of aromatic amines is 1. The first kappa shape index (κ1) is 17.6. The van der Waals surface area contributed by atoms with Crippen molar-refractivity contribution in [2.75, 3.05) is 33.4 Å². The summed E-state index contributed by atoms with van der Waals surface area (Å²) < 4.78 is 5.20. The molecule has 7 heteroatoms. The smallest absolute Gasteiger partial charge is 0.257 e. The number of piperazine rings is 1. The summed E-state index contributed by atoms with van der Waals surface area (Å²) in [5.74, 6) is 0.0118. The lowest BCUT2D eigenvalue weighted by atomic mass is 10.1. The molecule has 1 aliphatic rings. The maximum Gasteiger partial charge on any atom is 0.257 e. The molecule has 0 aliphatic carbocycles. The molecule has 0 spiro atoms. The molecule has 25 heavy (non-hydrogen) atoms.